The van der Waals surface area contributed by atoms with Crippen molar-refractivity contribution in [3.63, 3.8) is 0 Å². The van der Waals surface area contributed by atoms with Gasteiger partial charge >= 0.3 is 0 Å². The predicted octanol–water partition coefficient (Wildman–Crippen LogP) is 2.31. The molecule has 2 N–H and O–H groups in total. The number of hydrogen-bond acceptors (Lipinski definition) is 5. The van der Waals surface area contributed by atoms with Crippen LogP contribution in [0.15, 0.2) is 40.6 Å². The van der Waals surface area contributed by atoms with Crippen molar-refractivity contribution in [1.82, 2.24) is 5.32 Å². The van der Waals surface area contributed by atoms with Crippen LogP contribution in [0.2, 0.25) is 0 Å². The maximum Gasteiger partial charge on any atom is 0.262 e. The van der Waals surface area contributed by atoms with Gasteiger partial charge in [0.15, 0.2) is 0 Å². The summed E-state index contributed by atoms with van der Waals surface area (Å²) in [5.41, 5.74) is 0.423. The molecule has 1 amide bonds. The summed E-state index contributed by atoms with van der Waals surface area (Å²) in [5.74, 6) is 0.357. The normalized spacial score (nSPS) is 11.0. The van der Waals surface area contributed by atoms with Crippen LogP contribution in [0.25, 0.3) is 0 Å². The van der Waals surface area contributed by atoms with Crippen LogP contribution in [-0.2, 0) is 10.0 Å². The second kappa shape index (κ2) is 6.80. The Morgan fingerprint density at radius 1 is 1.27 bits per heavy atom. The van der Waals surface area contributed by atoms with Gasteiger partial charge in [-0.1, -0.05) is 0 Å². The van der Waals surface area contributed by atoms with Gasteiger partial charge in [-0.2, -0.15) is 0 Å². The third-order valence-corrected chi connectivity index (χ3v) is 5.23. The Morgan fingerprint density at radius 3 is 2.55 bits per heavy atom. The minimum Gasteiger partial charge on any atom is -0.497 e. The molecule has 22 heavy (non-hydrogen) atoms. The minimum atomic E-state index is -3.72. The molecule has 0 unspecified atom stereocenters. The molecule has 118 valence electrons. The van der Waals surface area contributed by atoms with E-state index in [2.05, 4.69) is 10.0 Å². The summed E-state index contributed by atoms with van der Waals surface area (Å²) >= 11 is 1.09. The van der Waals surface area contributed by atoms with Crippen LogP contribution in [0.1, 0.15) is 16.6 Å². The average Bonchev–Trinajstić information content (AvgIpc) is 2.99. The Kier molecular flexibility index (Phi) is 5.04. The predicted molar refractivity (Wildman–Crippen MR) is 86.1 cm³/mol. The highest BCUT2D eigenvalue weighted by atomic mass is 32.2. The maximum atomic E-state index is 12.3. The summed E-state index contributed by atoms with van der Waals surface area (Å²) in [7, 11) is -2.19. The summed E-state index contributed by atoms with van der Waals surface area (Å²) in [4.78, 5) is 12.1. The zero-order valence-corrected chi connectivity index (χ0v) is 13.8. The van der Waals surface area contributed by atoms with Gasteiger partial charge in [-0.25, -0.2) is 8.42 Å². The Labute approximate surface area is 133 Å². The molecule has 1 heterocycles. The van der Waals surface area contributed by atoms with Crippen molar-refractivity contribution in [3.05, 3.63) is 40.6 Å². The number of anilines is 1. The van der Waals surface area contributed by atoms with Gasteiger partial charge in [0, 0.05) is 17.6 Å². The van der Waals surface area contributed by atoms with Gasteiger partial charge in [0.2, 0.25) is 0 Å². The van der Waals surface area contributed by atoms with Gasteiger partial charge in [0.1, 0.15) is 5.75 Å². The van der Waals surface area contributed by atoms with E-state index in [0.717, 1.165) is 11.3 Å². The first-order valence-corrected chi connectivity index (χ1v) is 8.86. The van der Waals surface area contributed by atoms with Crippen molar-refractivity contribution in [2.75, 3.05) is 18.4 Å². The number of rotatable bonds is 6. The molecular formula is C14H16N2O4S2. The molecule has 0 aliphatic carbocycles. The van der Waals surface area contributed by atoms with Crippen LogP contribution >= 0.6 is 11.3 Å². The zero-order chi connectivity index (χ0) is 16.2. The largest absolute Gasteiger partial charge is 0.497 e. The first kappa shape index (κ1) is 16.3. The van der Waals surface area contributed by atoms with Gasteiger partial charge in [-0.05, 0) is 37.3 Å². The fourth-order valence-electron chi connectivity index (χ4n) is 1.70. The molecule has 2 aromatic rings. The van der Waals surface area contributed by atoms with Crippen molar-refractivity contribution in [1.29, 1.82) is 0 Å². The maximum absolute atomic E-state index is 12.3. The van der Waals surface area contributed by atoms with E-state index in [1.807, 2.05) is 0 Å². The summed E-state index contributed by atoms with van der Waals surface area (Å²) in [6.45, 7) is 2.29. The smallest absolute Gasteiger partial charge is 0.262 e. The quantitative estimate of drug-likeness (QED) is 0.845. The molecular weight excluding hydrogens is 324 g/mol. The molecule has 0 aliphatic rings. The number of benzene rings is 1. The van der Waals surface area contributed by atoms with Crippen LogP contribution < -0.4 is 14.8 Å². The van der Waals surface area contributed by atoms with Crippen molar-refractivity contribution in [3.8, 4) is 5.75 Å². The standard InChI is InChI=1S/C14H16N2O4S2/c1-3-15-14(17)13-8-12(9-21-13)22(18,19)16-10-4-6-11(20-2)7-5-10/h4-9,16H,3H2,1-2H3,(H,15,17). The van der Waals surface area contributed by atoms with E-state index < -0.39 is 10.0 Å². The summed E-state index contributed by atoms with van der Waals surface area (Å²) in [6, 6.07) is 7.89. The van der Waals surface area contributed by atoms with Crippen molar-refractivity contribution < 1.29 is 17.9 Å². The molecule has 0 atom stereocenters. The number of sulfonamides is 1. The lowest BCUT2D eigenvalue weighted by atomic mass is 10.3. The number of hydrogen-bond donors (Lipinski definition) is 2. The van der Waals surface area contributed by atoms with Gasteiger partial charge in [-0.15, -0.1) is 11.3 Å². The molecule has 8 heteroatoms. The van der Waals surface area contributed by atoms with E-state index in [1.165, 1.54) is 18.6 Å². The van der Waals surface area contributed by atoms with E-state index in [0.29, 0.717) is 22.9 Å². The molecule has 0 bridgehead atoms. The molecule has 6 nitrogen and oxygen atoms in total. The first-order valence-electron chi connectivity index (χ1n) is 6.50. The van der Waals surface area contributed by atoms with Crippen molar-refractivity contribution in [2.24, 2.45) is 0 Å². The topological polar surface area (TPSA) is 84.5 Å². The third-order valence-electron chi connectivity index (χ3n) is 2.79. The van der Waals surface area contributed by atoms with Crippen molar-refractivity contribution in [2.45, 2.75) is 11.8 Å². The lowest BCUT2D eigenvalue weighted by molar-refractivity contribution is 0.0959. The van der Waals surface area contributed by atoms with Crippen LogP contribution in [0, 0.1) is 0 Å². The molecule has 0 aliphatic heterocycles. The molecule has 0 spiro atoms. The second-order valence-electron chi connectivity index (χ2n) is 4.34. The third kappa shape index (κ3) is 3.77. The van der Waals surface area contributed by atoms with Crippen LogP contribution in [-0.4, -0.2) is 28.0 Å². The molecule has 0 radical (unpaired) electrons. The van der Waals surface area contributed by atoms with Crippen LogP contribution in [0.3, 0.4) is 0 Å². The van der Waals surface area contributed by atoms with Crippen LogP contribution in [0.4, 0.5) is 5.69 Å². The minimum absolute atomic E-state index is 0.0644. The number of carbonyl (C=O) groups excluding carboxylic acids is 1. The van der Waals surface area contributed by atoms with Gasteiger partial charge < -0.3 is 10.1 Å². The van der Waals surface area contributed by atoms with Crippen molar-refractivity contribution >= 4 is 33.0 Å². The van der Waals surface area contributed by atoms with E-state index in [1.54, 1.807) is 31.2 Å². The molecule has 1 aromatic carbocycles. The Hall–Kier alpha value is -2.06. The highest BCUT2D eigenvalue weighted by Crippen LogP contribution is 2.23. The van der Waals surface area contributed by atoms with Gasteiger partial charge in [0.25, 0.3) is 15.9 Å². The lowest BCUT2D eigenvalue weighted by Crippen LogP contribution is -2.21. The summed E-state index contributed by atoms with van der Waals surface area (Å²) in [6.07, 6.45) is 0. The Balaban J connectivity index is 2.17. The monoisotopic (exact) mass is 340 g/mol. The number of nitrogens with one attached hydrogen (secondary N) is 2. The number of methoxy groups -OCH3 is 1. The van der Waals surface area contributed by atoms with E-state index in [4.69, 9.17) is 4.74 Å². The molecule has 0 saturated carbocycles. The highest BCUT2D eigenvalue weighted by Gasteiger charge is 2.18. The Bertz CT molecular complexity index is 751. The molecule has 2 rings (SSSR count). The average molecular weight is 340 g/mol. The number of carbonyl (C=O) groups is 1. The van der Waals surface area contributed by atoms with E-state index in [9.17, 15) is 13.2 Å². The lowest BCUT2D eigenvalue weighted by Gasteiger charge is -2.07. The number of ether oxygens (including phenoxy) is 1. The van der Waals surface area contributed by atoms with E-state index in [-0.39, 0.29) is 10.8 Å². The second-order valence-corrected chi connectivity index (χ2v) is 6.93. The molecule has 0 saturated heterocycles. The van der Waals surface area contributed by atoms with Gasteiger partial charge in [-0.3, -0.25) is 9.52 Å². The first-order chi connectivity index (χ1) is 10.5. The SMILES string of the molecule is CCNC(=O)c1cc(S(=O)(=O)Nc2ccc(OC)cc2)cs1. The molecule has 1 aromatic heterocycles. The number of amides is 1. The summed E-state index contributed by atoms with van der Waals surface area (Å²) in [5, 5.41) is 4.07. The fourth-order valence-corrected chi connectivity index (χ4v) is 3.95. The van der Waals surface area contributed by atoms with Crippen LogP contribution in [0.5, 0.6) is 5.75 Å². The van der Waals surface area contributed by atoms with E-state index >= 15 is 0 Å². The Morgan fingerprint density at radius 2 is 1.95 bits per heavy atom. The van der Waals surface area contributed by atoms with Gasteiger partial charge in [0.05, 0.1) is 16.9 Å². The molecule has 0 fully saturated rings. The fraction of sp³-hybridized carbons (Fsp3) is 0.214. The summed E-state index contributed by atoms with van der Waals surface area (Å²) < 4.78 is 32.0. The number of thiophene rings is 1. The highest BCUT2D eigenvalue weighted by molar-refractivity contribution is 7.92. The zero-order valence-electron chi connectivity index (χ0n) is 12.1.